The molecule has 0 saturated heterocycles. The Balaban J connectivity index is 0.00000106. The molecule has 0 bridgehead atoms. The highest BCUT2D eigenvalue weighted by Gasteiger charge is 2.07. The maximum absolute atomic E-state index is 11.7. The first-order chi connectivity index (χ1) is 7.69. The zero-order valence-electron chi connectivity index (χ0n) is 9.55. The topological polar surface area (TPSA) is 34.9 Å². The van der Waals surface area contributed by atoms with Gasteiger partial charge in [0.05, 0.1) is 0 Å². The standard InChI is InChI=1S/C10H10N2OS.C2H6/c1-3-5-8(4-2)10(13)12-6-9(14)11-7-12;1-2/h3-7,14H,1-2H2;1-2H3/b8-5+;. The van der Waals surface area contributed by atoms with Crippen LogP contribution in [-0.4, -0.2) is 15.5 Å². The van der Waals surface area contributed by atoms with Crippen LogP contribution in [0.5, 0.6) is 0 Å². The van der Waals surface area contributed by atoms with E-state index in [4.69, 9.17) is 0 Å². The Bertz CT molecular complexity index is 405. The molecule has 0 amide bonds. The monoisotopic (exact) mass is 236 g/mol. The Morgan fingerprint density at radius 3 is 2.50 bits per heavy atom. The van der Waals surface area contributed by atoms with Crippen LogP contribution < -0.4 is 0 Å². The molecule has 1 aromatic heterocycles. The molecule has 1 aromatic rings. The summed E-state index contributed by atoms with van der Waals surface area (Å²) in [5.74, 6) is -0.201. The van der Waals surface area contributed by atoms with Crippen LogP contribution in [0.25, 0.3) is 0 Å². The molecule has 1 heterocycles. The van der Waals surface area contributed by atoms with Crippen LogP contribution in [0, 0.1) is 0 Å². The fraction of sp³-hybridized carbons (Fsp3) is 0.167. The predicted molar refractivity (Wildman–Crippen MR) is 69.9 cm³/mol. The van der Waals surface area contributed by atoms with Gasteiger partial charge in [0, 0.05) is 11.8 Å². The SMILES string of the molecule is C=C/C=C(\C=C)C(=O)n1cnc(S)c1.CC. The van der Waals surface area contributed by atoms with E-state index in [0.29, 0.717) is 10.6 Å². The van der Waals surface area contributed by atoms with Crippen molar-refractivity contribution in [3.8, 4) is 0 Å². The predicted octanol–water partition coefficient (Wildman–Crippen LogP) is 3.14. The number of carbonyl (C=O) groups is 1. The molecule has 1 rings (SSSR count). The van der Waals surface area contributed by atoms with Gasteiger partial charge < -0.3 is 0 Å². The summed E-state index contributed by atoms with van der Waals surface area (Å²) in [4.78, 5) is 15.5. The molecule has 0 atom stereocenters. The summed E-state index contributed by atoms with van der Waals surface area (Å²) in [6.45, 7) is 11.1. The molecular formula is C12H16N2OS. The molecule has 86 valence electrons. The number of allylic oxidation sites excluding steroid dienone is 4. The van der Waals surface area contributed by atoms with Crippen molar-refractivity contribution in [1.29, 1.82) is 0 Å². The normalized spacial score (nSPS) is 10.1. The molecule has 0 aliphatic carbocycles. The highest BCUT2D eigenvalue weighted by molar-refractivity contribution is 7.80. The fourth-order valence-corrected chi connectivity index (χ4v) is 1.10. The number of imidazole rings is 1. The number of rotatable bonds is 3. The van der Waals surface area contributed by atoms with Crippen molar-refractivity contribution in [3.63, 3.8) is 0 Å². The molecule has 0 spiro atoms. The number of nitrogens with zero attached hydrogens (tertiary/aromatic N) is 2. The third-order valence-corrected chi connectivity index (χ3v) is 1.80. The second-order valence-corrected chi connectivity index (χ2v) is 2.96. The van der Waals surface area contributed by atoms with Gasteiger partial charge >= 0.3 is 0 Å². The highest BCUT2D eigenvalue weighted by atomic mass is 32.1. The first-order valence-corrected chi connectivity index (χ1v) is 5.36. The van der Waals surface area contributed by atoms with Crippen molar-refractivity contribution in [2.75, 3.05) is 0 Å². The van der Waals surface area contributed by atoms with E-state index in [2.05, 4.69) is 30.8 Å². The molecule has 0 unspecified atom stereocenters. The first-order valence-electron chi connectivity index (χ1n) is 4.92. The Labute approximate surface area is 102 Å². The maximum Gasteiger partial charge on any atom is 0.263 e. The van der Waals surface area contributed by atoms with Gasteiger partial charge in [-0.2, -0.15) is 0 Å². The van der Waals surface area contributed by atoms with E-state index in [9.17, 15) is 4.79 Å². The van der Waals surface area contributed by atoms with Crippen LogP contribution in [0.1, 0.15) is 18.6 Å². The lowest BCUT2D eigenvalue weighted by Crippen LogP contribution is -2.09. The zero-order chi connectivity index (χ0) is 12.6. The Kier molecular flexibility index (Phi) is 6.96. The van der Waals surface area contributed by atoms with Gasteiger partial charge in [0.2, 0.25) is 0 Å². The second-order valence-electron chi connectivity index (χ2n) is 2.51. The Morgan fingerprint density at radius 1 is 1.50 bits per heavy atom. The van der Waals surface area contributed by atoms with Crippen molar-refractivity contribution in [2.24, 2.45) is 0 Å². The molecule has 16 heavy (non-hydrogen) atoms. The molecule has 3 nitrogen and oxygen atoms in total. The lowest BCUT2D eigenvalue weighted by Gasteiger charge is -1.99. The summed E-state index contributed by atoms with van der Waals surface area (Å²) in [6.07, 6.45) is 7.54. The van der Waals surface area contributed by atoms with E-state index in [1.165, 1.54) is 29.2 Å². The van der Waals surface area contributed by atoms with E-state index in [1.807, 2.05) is 13.8 Å². The lowest BCUT2D eigenvalue weighted by atomic mass is 10.2. The van der Waals surface area contributed by atoms with Crippen molar-refractivity contribution in [3.05, 3.63) is 49.5 Å². The Morgan fingerprint density at radius 2 is 2.12 bits per heavy atom. The number of carbonyl (C=O) groups excluding carboxylic acids is 1. The summed E-state index contributed by atoms with van der Waals surface area (Å²) in [6, 6.07) is 0. The number of hydrogen-bond donors (Lipinski definition) is 1. The summed E-state index contributed by atoms with van der Waals surface area (Å²) >= 11 is 4.00. The average molecular weight is 236 g/mol. The molecule has 0 N–H and O–H groups in total. The van der Waals surface area contributed by atoms with Crippen LogP contribution in [0.4, 0.5) is 0 Å². The minimum absolute atomic E-state index is 0.201. The second kappa shape index (κ2) is 7.70. The van der Waals surface area contributed by atoms with Crippen LogP contribution in [-0.2, 0) is 0 Å². The summed E-state index contributed by atoms with van der Waals surface area (Å²) in [7, 11) is 0. The van der Waals surface area contributed by atoms with Crippen LogP contribution in [0.3, 0.4) is 0 Å². The zero-order valence-corrected chi connectivity index (χ0v) is 10.4. The maximum atomic E-state index is 11.7. The minimum Gasteiger partial charge on any atom is -0.271 e. The van der Waals surface area contributed by atoms with Gasteiger partial charge in [0.1, 0.15) is 11.4 Å². The Hall–Kier alpha value is -1.55. The molecule has 0 aliphatic rings. The average Bonchev–Trinajstić information content (AvgIpc) is 2.74. The minimum atomic E-state index is -0.201. The highest BCUT2D eigenvalue weighted by Crippen LogP contribution is 2.06. The number of aromatic nitrogens is 2. The van der Waals surface area contributed by atoms with Gasteiger partial charge in [-0.25, -0.2) is 4.98 Å². The van der Waals surface area contributed by atoms with Crippen LogP contribution in [0.2, 0.25) is 0 Å². The van der Waals surface area contributed by atoms with E-state index in [-0.39, 0.29) is 5.91 Å². The van der Waals surface area contributed by atoms with Gasteiger partial charge in [-0.15, -0.1) is 12.6 Å². The largest absolute Gasteiger partial charge is 0.271 e. The van der Waals surface area contributed by atoms with Crippen molar-refractivity contribution < 1.29 is 4.79 Å². The lowest BCUT2D eigenvalue weighted by molar-refractivity contribution is 0.0959. The van der Waals surface area contributed by atoms with Crippen molar-refractivity contribution in [1.82, 2.24) is 9.55 Å². The van der Waals surface area contributed by atoms with Gasteiger partial charge in [-0.1, -0.05) is 45.2 Å². The molecule has 4 heteroatoms. The third kappa shape index (κ3) is 3.90. The van der Waals surface area contributed by atoms with Gasteiger partial charge in [-0.3, -0.25) is 9.36 Å². The fourth-order valence-electron chi connectivity index (χ4n) is 0.926. The van der Waals surface area contributed by atoms with Gasteiger partial charge in [-0.05, 0) is 0 Å². The molecule has 0 radical (unpaired) electrons. The molecule has 0 aliphatic heterocycles. The third-order valence-electron chi connectivity index (χ3n) is 1.57. The van der Waals surface area contributed by atoms with Gasteiger partial charge in [0.25, 0.3) is 5.91 Å². The molecule has 0 fully saturated rings. The summed E-state index contributed by atoms with van der Waals surface area (Å²) in [5.41, 5.74) is 0.464. The van der Waals surface area contributed by atoms with Crippen LogP contribution >= 0.6 is 12.6 Å². The van der Waals surface area contributed by atoms with E-state index in [1.54, 1.807) is 6.08 Å². The molecule has 0 aromatic carbocycles. The summed E-state index contributed by atoms with van der Waals surface area (Å²) < 4.78 is 1.35. The smallest absolute Gasteiger partial charge is 0.263 e. The van der Waals surface area contributed by atoms with E-state index < -0.39 is 0 Å². The summed E-state index contributed by atoms with van der Waals surface area (Å²) in [5, 5.41) is 0.500. The number of thiol groups is 1. The quantitative estimate of drug-likeness (QED) is 0.497. The molecular weight excluding hydrogens is 220 g/mol. The van der Waals surface area contributed by atoms with E-state index >= 15 is 0 Å². The molecule has 0 saturated carbocycles. The van der Waals surface area contributed by atoms with E-state index in [0.717, 1.165) is 0 Å². The van der Waals surface area contributed by atoms with Gasteiger partial charge in [0.15, 0.2) is 0 Å². The first kappa shape index (κ1) is 14.5. The number of hydrogen-bond acceptors (Lipinski definition) is 3. The van der Waals surface area contributed by atoms with Crippen LogP contribution in [0.15, 0.2) is 54.5 Å². The van der Waals surface area contributed by atoms with Crippen molar-refractivity contribution in [2.45, 2.75) is 18.9 Å². The van der Waals surface area contributed by atoms with Crippen molar-refractivity contribution >= 4 is 18.5 Å².